The zero-order chi connectivity index (χ0) is 27.3. The molecule has 0 amide bonds. The van der Waals surface area contributed by atoms with Crippen LogP contribution in [0, 0.1) is 0 Å². The van der Waals surface area contributed by atoms with Crippen molar-refractivity contribution in [1.82, 2.24) is 0 Å². The average Bonchev–Trinajstić information content (AvgIpc) is 3.00. The number of carbonyl (C=O) groups is 1. The van der Waals surface area contributed by atoms with E-state index in [-0.39, 0.29) is 13.2 Å². The minimum Gasteiger partial charge on any atom is -0.459 e. The van der Waals surface area contributed by atoms with Crippen LogP contribution in [0.1, 0.15) is 11.1 Å². The number of halogens is 1. The summed E-state index contributed by atoms with van der Waals surface area (Å²) in [6.07, 6.45) is -1.47. The van der Waals surface area contributed by atoms with Crippen LogP contribution >= 0.6 is 29.7 Å². The van der Waals surface area contributed by atoms with Crippen LogP contribution in [0.25, 0.3) is 0 Å². The monoisotopic (exact) mass is 654 g/mol. The number of benzene rings is 4. The van der Waals surface area contributed by atoms with Gasteiger partial charge in [-0.1, -0.05) is 144 Å². The number of alkyl halides is 1. The molecule has 0 bridgehead atoms. The van der Waals surface area contributed by atoms with Gasteiger partial charge in [0.1, 0.15) is 13.2 Å². The Balaban J connectivity index is 1.72. The number of ether oxygens (including phenoxy) is 3. The fourth-order valence-corrected chi connectivity index (χ4v) is 9.95. The van der Waals surface area contributed by atoms with Crippen LogP contribution in [0.3, 0.4) is 0 Å². The average molecular weight is 654 g/mol. The van der Waals surface area contributed by atoms with Gasteiger partial charge < -0.3 is 18.8 Å². The van der Waals surface area contributed by atoms with E-state index in [4.69, 9.17) is 14.2 Å². The van der Waals surface area contributed by atoms with Crippen molar-refractivity contribution in [2.45, 2.75) is 31.1 Å². The molecule has 4 aromatic carbocycles. The van der Waals surface area contributed by atoms with Gasteiger partial charge in [-0.2, -0.15) is 0 Å². The molecule has 5 nitrogen and oxygen atoms in total. The van der Waals surface area contributed by atoms with Crippen LogP contribution in [0.4, 0.5) is 0 Å². The van der Waals surface area contributed by atoms with Gasteiger partial charge in [-0.25, -0.2) is 0 Å². The molecule has 4 aromatic rings. The molecule has 0 N–H and O–H groups in total. The van der Waals surface area contributed by atoms with Crippen molar-refractivity contribution >= 4 is 46.8 Å². The topological polar surface area (TPSA) is 61.8 Å². The summed E-state index contributed by atoms with van der Waals surface area (Å²) in [6.45, 7) is 1.16. The zero-order valence-corrected chi connectivity index (χ0v) is 24.6. The number of carbonyl (C=O) groups excluding carboxylic acids is 1. The first-order valence-corrected chi connectivity index (χ1v) is 16.1. The molecule has 0 radical (unpaired) electrons. The minimum absolute atomic E-state index is 0.101. The molecule has 0 heterocycles. The lowest BCUT2D eigenvalue weighted by molar-refractivity contribution is -0.149. The molecule has 7 heteroatoms. The van der Waals surface area contributed by atoms with E-state index in [0.29, 0.717) is 17.5 Å². The van der Waals surface area contributed by atoms with Gasteiger partial charge in [0.15, 0.2) is 6.10 Å². The highest BCUT2D eigenvalue weighted by atomic mass is 127. The van der Waals surface area contributed by atoms with Crippen molar-refractivity contribution in [2.24, 2.45) is 0 Å². The quantitative estimate of drug-likeness (QED) is 0.0667. The molecule has 202 valence electrons. The van der Waals surface area contributed by atoms with E-state index in [2.05, 4.69) is 22.6 Å². The minimum atomic E-state index is -3.26. The third-order valence-electron chi connectivity index (χ3n) is 6.56. The Morgan fingerprint density at radius 2 is 1.15 bits per heavy atom. The van der Waals surface area contributed by atoms with E-state index >= 15 is 4.57 Å². The normalized spacial score (nSPS) is 13.8. The smallest absolute Gasteiger partial charge is 0.293 e. The van der Waals surface area contributed by atoms with Crippen LogP contribution in [0.5, 0.6) is 0 Å². The van der Waals surface area contributed by atoms with Gasteiger partial charge in [0.2, 0.25) is 0 Å². The van der Waals surface area contributed by atoms with E-state index in [9.17, 15) is 4.79 Å². The van der Waals surface area contributed by atoms with Crippen LogP contribution in [-0.2, 0) is 36.8 Å². The Kier molecular flexibility index (Phi) is 11.3. The summed E-state index contributed by atoms with van der Waals surface area (Å²) in [5, 5.41) is 1.47. The molecule has 0 fully saturated rings. The van der Waals surface area contributed by atoms with Gasteiger partial charge in [-0.3, -0.25) is 4.79 Å². The third-order valence-corrected chi connectivity index (χ3v) is 11.7. The molecule has 3 atom stereocenters. The molecule has 0 aliphatic heterocycles. The van der Waals surface area contributed by atoms with Gasteiger partial charge >= 0.3 is 0 Å². The first kappa shape index (κ1) is 29.2. The highest BCUT2D eigenvalue weighted by molar-refractivity contribution is 14.1. The lowest BCUT2D eigenvalue weighted by Crippen LogP contribution is -2.47. The molecular weight excluding hydrogens is 622 g/mol. The highest BCUT2D eigenvalue weighted by Gasteiger charge is 2.45. The molecule has 0 aliphatic carbocycles. The number of hydrogen-bond donors (Lipinski definition) is 0. The Bertz CT molecular complexity index is 1260. The summed E-state index contributed by atoms with van der Waals surface area (Å²) in [4.78, 5) is 11.7. The second-order valence-corrected chi connectivity index (χ2v) is 13.0. The van der Waals surface area contributed by atoms with Crippen molar-refractivity contribution in [3.8, 4) is 0 Å². The lowest BCUT2D eigenvalue weighted by Gasteiger charge is -2.37. The summed E-state index contributed by atoms with van der Waals surface area (Å²) in [6, 6.07) is 38.7. The van der Waals surface area contributed by atoms with Crippen LogP contribution < -0.4 is 10.6 Å². The maximum Gasteiger partial charge on any atom is 0.293 e. The second-order valence-electron chi connectivity index (χ2n) is 9.08. The van der Waals surface area contributed by atoms with E-state index in [0.717, 1.165) is 21.7 Å². The molecule has 0 aliphatic rings. The Hall–Kier alpha value is -2.77. The molecule has 0 spiro atoms. The number of rotatable bonds is 15. The fourth-order valence-electron chi connectivity index (χ4n) is 4.61. The first-order valence-electron chi connectivity index (χ1n) is 12.8. The van der Waals surface area contributed by atoms with Crippen molar-refractivity contribution in [3.05, 3.63) is 132 Å². The standard InChI is InChI=1S/C32H32IO5P/c33-21-31(39(35,28-17-9-3-10-18-28)29-19-11-4-12-20-29)32(37-23-27-15-7-2-8-16-27)30(38-25-34)24-36-22-26-13-5-1-6-14-26/h1-20,25,30-32H,21-24H2/t30-,31+,32+/m1/s1. The summed E-state index contributed by atoms with van der Waals surface area (Å²) in [7, 11) is -3.26. The van der Waals surface area contributed by atoms with Crippen molar-refractivity contribution in [2.75, 3.05) is 11.0 Å². The molecule has 4 rings (SSSR count). The molecular formula is C32H32IO5P. The van der Waals surface area contributed by atoms with Crippen molar-refractivity contribution < 1.29 is 23.6 Å². The van der Waals surface area contributed by atoms with E-state index < -0.39 is 25.0 Å². The maximum atomic E-state index is 15.3. The summed E-state index contributed by atoms with van der Waals surface area (Å²) < 4.78 is 34.0. The summed E-state index contributed by atoms with van der Waals surface area (Å²) >= 11 is 2.27. The summed E-state index contributed by atoms with van der Waals surface area (Å²) in [5.41, 5.74) is 1.49. The zero-order valence-electron chi connectivity index (χ0n) is 21.6. The van der Waals surface area contributed by atoms with Gasteiger partial charge in [0.25, 0.3) is 6.47 Å². The van der Waals surface area contributed by atoms with Crippen molar-refractivity contribution in [1.29, 1.82) is 0 Å². The first-order chi connectivity index (χ1) is 19.2. The molecule has 0 saturated heterocycles. The molecule has 39 heavy (non-hydrogen) atoms. The predicted octanol–water partition coefficient (Wildman–Crippen LogP) is 6.15. The van der Waals surface area contributed by atoms with E-state index in [1.807, 2.05) is 121 Å². The largest absolute Gasteiger partial charge is 0.459 e. The van der Waals surface area contributed by atoms with Crippen molar-refractivity contribution in [3.63, 3.8) is 0 Å². The SMILES string of the molecule is O=CO[C@H](COCc1ccccc1)[C@H](OCc1ccccc1)[C@H](CI)P(=O)(c1ccccc1)c1ccccc1. The van der Waals surface area contributed by atoms with Gasteiger partial charge in [-0.05, 0) is 11.1 Å². The van der Waals surface area contributed by atoms with Gasteiger partial charge in [-0.15, -0.1) is 0 Å². The van der Waals surface area contributed by atoms with Crippen LogP contribution in [-0.4, -0.2) is 35.4 Å². The molecule has 0 unspecified atom stereocenters. The molecule has 0 aromatic heterocycles. The number of hydrogen-bond acceptors (Lipinski definition) is 5. The van der Waals surface area contributed by atoms with Gasteiger partial charge in [0, 0.05) is 15.0 Å². The Morgan fingerprint density at radius 1 is 0.692 bits per heavy atom. The lowest BCUT2D eigenvalue weighted by atomic mass is 10.1. The fraction of sp³-hybridized carbons (Fsp3) is 0.219. The summed E-state index contributed by atoms with van der Waals surface area (Å²) in [5.74, 6) is 0. The highest BCUT2D eigenvalue weighted by Crippen LogP contribution is 2.52. The predicted molar refractivity (Wildman–Crippen MR) is 164 cm³/mol. The van der Waals surface area contributed by atoms with Gasteiger partial charge in [0.05, 0.1) is 25.5 Å². The second kappa shape index (κ2) is 15.1. The van der Waals surface area contributed by atoms with Crippen LogP contribution in [0.2, 0.25) is 0 Å². The Labute approximate surface area is 244 Å². The van der Waals surface area contributed by atoms with E-state index in [1.165, 1.54) is 0 Å². The maximum absolute atomic E-state index is 15.3. The third kappa shape index (κ3) is 7.67. The van der Waals surface area contributed by atoms with E-state index in [1.54, 1.807) is 0 Å². The molecule has 0 saturated carbocycles. The Morgan fingerprint density at radius 3 is 1.62 bits per heavy atom. The van der Waals surface area contributed by atoms with Crippen LogP contribution in [0.15, 0.2) is 121 Å².